The molecule has 4 rings (SSSR count). The number of carbonyl (C=O) groups excluding carboxylic acids is 2. The molecule has 3 aromatic rings. The van der Waals surface area contributed by atoms with Gasteiger partial charge >= 0.3 is 5.97 Å². The van der Waals surface area contributed by atoms with Crippen LogP contribution in [0.2, 0.25) is 0 Å². The fraction of sp³-hybridized carbons (Fsp3) is 0.0800. The number of aryl methyl sites for hydroxylation is 1. The van der Waals surface area contributed by atoms with Crippen LogP contribution in [0.4, 0.5) is 10.1 Å². The summed E-state index contributed by atoms with van der Waals surface area (Å²) in [7, 11) is 0. The van der Waals surface area contributed by atoms with Crippen molar-refractivity contribution in [3.8, 4) is 0 Å². The van der Waals surface area contributed by atoms with Crippen molar-refractivity contribution in [1.82, 2.24) is 0 Å². The fourth-order valence-electron chi connectivity index (χ4n) is 3.72. The van der Waals surface area contributed by atoms with Gasteiger partial charge in [-0.1, -0.05) is 48.0 Å². The van der Waals surface area contributed by atoms with E-state index in [9.17, 15) is 29.0 Å². The third-order valence-corrected chi connectivity index (χ3v) is 5.33. The van der Waals surface area contributed by atoms with Crippen LogP contribution in [0.1, 0.15) is 33.1 Å². The topological polar surface area (TPSA) is 94.9 Å². The lowest BCUT2D eigenvalue weighted by molar-refractivity contribution is -0.132. The molecule has 7 heteroatoms. The minimum atomic E-state index is -1.19. The molecule has 1 fully saturated rings. The van der Waals surface area contributed by atoms with Crippen molar-refractivity contribution >= 4 is 29.1 Å². The fourth-order valence-corrected chi connectivity index (χ4v) is 3.72. The van der Waals surface area contributed by atoms with E-state index in [2.05, 4.69) is 0 Å². The van der Waals surface area contributed by atoms with E-state index in [1.54, 1.807) is 24.3 Å². The van der Waals surface area contributed by atoms with Crippen LogP contribution in [0, 0.1) is 12.7 Å². The smallest absolute Gasteiger partial charge is 0.335 e. The number of carbonyl (C=O) groups is 3. The Kier molecular flexibility index (Phi) is 5.32. The molecule has 0 aliphatic carbocycles. The zero-order chi connectivity index (χ0) is 23.0. The number of halogens is 1. The summed E-state index contributed by atoms with van der Waals surface area (Å²) in [5.74, 6) is -3.90. The van der Waals surface area contributed by atoms with Crippen LogP contribution < -0.4 is 4.90 Å². The molecular weight excluding hydrogens is 413 g/mol. The molecule has 1 atom stereocenters. The Hall–Kier alpha value is -4.26. The van der Waals surface area contributed by atoms with E-state index in [-0.39, 0.29) is 22.6 Å². The number of hydrogen-bond donors (Lipinski definition) is 2. The summed E-state index contributed by atoms with van der Waals surface area (Å²) in [6.45, 7) is 1.87. The number of rotatable bonds is 4. The standard InChI is InChI=1S/C25H18FNO5/c1-14-5-7-16(8-6-14)22(28)20-21(15-9-11-18(26)12-10-15)27(24(30)23(20)29)19-4-2-3-17(13-19)25(31)32/h2-13,21,28H,1H3,(H,31,32)/t21-/m1/s1. The van der Waals surface area contributed by atoms with Gasteiger partial charge in [0.2, 0.25) is 0 Å². The van der Waals surface area contributed by atoms with Gasteiger partial charge in [-0.25, -0.2) is 9.18 Å². The first kappa shape index (κ1) is 21.0. The number of benzene rings is 3. The van der Waals surface area contributed by atoms with E-state index in [1.807, 2.05) is 6.92 Å². The monoisotopic (exact) mass is 431 g/mol. The van der Waals surface area contributed by atoms with Crippen molar-refractivity contribution < 1.29 is 29.0 Å². The number of carboxylic acid groups (broad SMARTS) is 1. The number of anilines is 1. The number of carboxylic acids is 1. The summed E-state index contributed by atoms with van der Waals surface area (Å²) < 4.78 is 13.6. The van der Waals surface area contributed by atoms with Gasteiger partial charge in [0.1, 0.15) is 11.6 Å². The third-order valence-electron chi connectivity index (χ3n) is 5.33. The van der Waals surface area contributed by atoms with Crippen molar-refractivity contribution in [2.24, 2.45) is 0 Å². The van der Waals surface area contributed by atoms with Gasteiger partial charge in [-0.3, -0.25) is 14.5 Å². The van der Waals surface area contributed by atoms with Crippen molar-refractivity contribution in [3.05, 3.63) is 106 Å². The van der Waals surface area contributed by atoms with Crippen molar-refractivity contribution in [2.75, 3.05) is 4.90 Å². The molecule has 3 aromatic carbocycles. The van der Waals surface area contributed by atoms with Gasteiger partial charge in [-0.2, -0.15) is 0 Å². The highest BCUT2D eigenvalue weighted by atomic mass is 19.1. The van der Waals surface area contributed by atoms with E-state index in [1.165, 1.54) is 48.5 Å². The normalized spacial score (nSPS) is 17.6. The Morgan fingerprint density at radius 3 is 2.19 bits per heavy atom. The first-order valence-electron chi connectivity index (χ1n) is 9.75. The SMILES string of the molecule is Cc1ccc(C(O)=C2C(=O)C(=O)N(c3cccc(C(=O)O)c3)[C@@H]2c2ccc(F)cc2)cc1. The molecule has 6 nitrogen and oxygen atoms in total. The lowest BCUT2D eigenvalue weighted by Gasteiger charge is -2.25. The first-order chi connectivity index (χ1) is 15.3. The molecule has 0 bridgehead atoms. The van der Waals surface area contributed by atoms with Crippen LogP contribution in [0.5, 0.6) is 0 Å². The highest BCUT2D eigenvalue weighted by Crippen LogP contribution is 2.42. The van der Waals surface area contributed by atoms with Gasteiger partial charge in [0.15, 0.2) is 0 Å². The molecule has 1 aliphatic heterocycles. The van der Waals surface area contributed by atoms with E-state index in [4.69, 9.17) is 0 Å². The summed E-state index contributed by atoms with van der Waals surface area (Å²) in [6, 6.07) is 16.5. The summed E-state index contributed by atoms with van der Waals surface area (Å²) in [4.78, 5) is 38.6. The quantitative estimate of drug-likeness (QED) is 0.361. The second-order valence-corrected chi connectivity index (χ2v) is 7.44. The van der Waals surface area contributed by atoms with Crippen molar-refractivity contribution in [3.63, 3.8) is 0 Å². The Morgan fingerprint density at radius 2 is 1.56 bits per heavy atom. The van der Waals surface area contributed by atoms with Crippen molar-refractivity contribution in [2.45, 2.75) is 13.0 Å². The molecule has 1 amide bonds. The van der Waals surface area contributed by atoms with Crippen molar-refractivity contribution in [1.29, 1.82) is 0 Å². The Labute approximate surface area is 182 Å². The highest BCUT2D eigenvalue weighted by molar-refractivity contribution is 6.51. The summed E-state index contributed by atoms with van der Waals surface area (Å²) in [5, 5.41) is 20.3. The molecule has 160 valence electrons. The van der Waals surface area contributed by atoms with Gasteiger partial charge in [0, 0.05) is 11.3 Å². The molecular formula is C25H18FNO5. The van der Waals surface area contributed by atoms with Crippen LogP contribution in [-0.2, 0) is 9.59 Å². The molecule has 32 heavy (non-hydrogen) atoms. The lowest BCUT2D eigenvalue weighted by Crippen LogP contribution is -2.29. The van der Waals surface area contributed by atoms with Gasteiger partial charge < -0.3 is 10.2 Å². The second-order valence-electron chi connectivity index (χ2n) is 7.44. The maximum atomic E-state index is 13.6. The van der Waals surface area contributed by atoms with Gasteiger partial charge in [0.05, 0.1) is 17.2 Å². The Balaban J connectivity index is 1.94. The van der Waals surface area contributed by atoms with Gasteiger partial charge in [0.25, 0.3) is 11.7 Å². The predicted molar refractivity (Wildman–Crippen MR) is 116 cm³/mol. The Morgan fingerprint density at radius 1 is 0.906 bits per heavy atom. The largest absolute Gasteiger partial charge is 0.507 e. The van der Waals surface area contributed by atoms with E-state index < -0.39 is 29.5 Å². The van der Waals surface area contributed by atoms with Crippen LogP contribution in [0.25, 0.3) is 5.76 Å². The predicted octanol–water partition coefficient (Wildman–Crippen LogP) is 4.46. The minimum Gasteiger partial charge on any atom is -0.507 e. The van der Waals surface area contributed by atoms with E-state index in [0.717, 1.165) is 10.5 Å². The number of aliphatic hydroxyl groups excluding tert-OH is 1. The molecule has 0 spiro atoms. The Bertz CT molecular complexity index is 1260. The maximum Gasteiger partial charge on any atom is 0.335 e. The molecule has 0 saturated carbocycles. The molecule has 2 N–H and O–H groups in total. The van der Waals surface area contributed by atoms with Crippen LogP contribution in [0.15, 0.2) is 78.4 Å². The van der Waals surface area contributed by atoms with E-state index in [0.29, 0.717) is 11.1 Å². The van der Waals surface area contributed by atoms with Crippen LogP contribution in [-0.4, -0.2) is 27.9 Å². The van der Waals surface area contributed by atoms with Gasteiger partial charge in [-0.05, 0) is 42.8 Å². The number of hydrogen-bond acceptors (Lipinski definition) is 4. The number of nitrogens with zero attached hydrogens (tertiary/aromatic N) is 1. The lowest BCUT2D eigenvalue weighted by atomic mass is 9.95. The second kappa shape index (κ2) is 8.11. The number of Topliss-reactive ketones (excluding diaryl/α,β-unsaturated/α-hetero) is 1. The summed E-state index contributed by atoms with van der Waals surface area (Å²) in [6.07, 6.45) is 0. The number of aliphatic hydroxyl groups is 1. The summed E-state index contributed by atoms with van der Waals surface area (Å²) >= 11 is 0. The molecule has 0 aromatic heterocycles. The third kappa shape index (κ3) is 3.65. The number of ketones is 1. The molecule has 0 unspecified atom stereocenters. The maximum absolute atomic E-state index is 13.6. The highest BCUT2D eigenvalue weighted by Gasteiger charge is 2.47. The molecule has 0 radical (unpaired) electrons. The van der Waals surface area contributed by atoms with E-state index >= 15 is 0 Å². The zero-order valence-electron chi connectivity index (χ0n) is 16.9. The average Bonchev–Trinajstić information content (AvgIpc) is 3.05. The molecule has 1 saturated heterocycles. The van der Waals surface area contributed by atoms with Gasteiger partial charge in [-0.15, -0.1) is 0 Å². The molecule has 1 aliphatic rings. The van der Waals surface area contributed by atoms with Crippen LogP contribution in [0.3, 0.4) is 0 Å². The number of amides is 1. The minimum absolute atomic E-state index is 0.0687. The molecule has 1 heterocycles. The number of aromatic carboxylic acids is 1. The van der Waals surface area contributed by atoms with Crippen LogP contribution >= 0.6 is 0 Å². The first-order valence-corrected chi connectivity index (χ1v) is 9.75. The average molecular weight is 431 g/mol. The zero-order valence-corrected chi connectivity index (χ0v) is 16.9. The summed E-state index contributed by atoms with van der Waals surface area (Å²) in [5.41, 5.74) is 1.62.